The number of benzene rings is 1. The summed E-state index contributed by atoms with van der Waals surface area (Å²) in [4.78, 5) is 14.8. The summed E-state index contributed by atoms with van der Waals surface area (Å²) in [6, 6.07) is 10.9. The lowest BCUT2D eigenvalue weighted by Gasteiger charge is -2.41. The summed E-state index contributed by atoms with van der Waals surface area (Å²) in [6.07, 6.45) is 6.28. The Morgan fingerprint density at radius 1 is 1.26 bits per heavy atom. The third-order valence-corrected chi connectivity index (χ3v) is 5.67. The lowest BCUT2D eigenvalue weighted by Crippen LogP contribution is -2.47. The second kappa shape index (κ2) is 7.67. The molecule has 1 unspecified atom stereocenters. The Hall–Kier alpha value is -1.06. The van der Waals surface area contributed by atoms with Crippen LogP contribution in [0, 0.1) is 5.92 Å². The van der Waals surface area contributed by atoms with Crippen LogP contribution in [0.25, 0.3) is 0 Å². The molecular formula is C19H29ClN2O. The molecular weight excluding hydrogens is 308 g/mol. The second-order valence-corrected chi connectivity index (χ2v) is 7.40. The first-order chi connectivity index (χ1) is 10.6. The Morgan fingerprint density at radius 2 is 2.00 bits per heavy atom. The molecule has 1 heterocycles. The zero-order chi connectivity index (χ0) is 15.6. The van der Waals surface area contributed by atoms with E-state index in [4.69, 9.17) is 5.73 Å². The van der Waals surface area contributed by atoms with Gasteiger partial charge < -0.3 is 10.6 Å². The molecule has 0 spiro atoms. The number of piperidine rings is 1. The fourth-order valence-corrected chi connectivity index (χ4v) is 4.20. The smallest absolute Gasteiger partial charge is 0.222 e. The molecule has 2 aliphatic rings. The lowest BCUT2D eigenvalue weighted by molar-refractivity contribution is -0.134. The Balaban J connectivity index is 0.00000192. The number of likely N-dealkylation sites (tertiary alicyclic amines) is 1. The SMILES string of the molecule is CC1(c2ccccc2)CCCN(C(=O)C[C@@H]2CCC[C@H]2N)C1.Cl. The monoisotopic (exact) mass is 336 g/mol. The summed E-state index contributed by atoms with van der Waals surface area (Å²) in [7, 11) is 0. The summed E-state index contributed by atoms with van der Waals surface area (Å²) in [5.74, 6) is 0.710. The van der Waals surface area contributed by atoms with Crippen LogP contribution < -0.4 is 5.73 Å². The number of carbonyl (C=O) groups is 1. The number of carbonyl (C=O) groups excluding carboxylic acids is 1. The Labute approximate surface area is 146 Å². The average Bonchev–Trinajstić information content (AvgIpc) is 2.93. The maximum atomic E-state index is 12.7. The molecule has 1 aromatic rings. The molecule has 128 valence electrons. The zero-order valence-electron chi connectivity index (χ0n) is 14.0. The Bertz CT molecular complexity index is 521. The molecule has 0 bridgehead atoms. The maximum Gasteiger partial charge on any atom is 0.222 e. The van der Waals surface area contributed by atoms with Crippen LogP contribution in [0.1, 0.15) is 51.0 Å². The Morgan fingerprint density at radius 3 is 2.65 bits per heavy atom. The summed E-state index contributed by atoms with van der Waals surface area (Å²) < 4.78 is 0. The van der Waals surface area contributed by atoms with E-state index in [0.29, 0.717) is 18.2 Å². The van der Waals surface area contributed by atoms with Gasteiger partial charge in [0.05, 0.1) is 0 Å². The van der Waals surface area contributed by atoms with E-state index in [1.54, 1.807) is 0 Å². The third-order valence-electron chi connectivity index (χ3n) is 5.67. The molecule has 3 rings (SSSR count). The number of nitrogens with zero attached hydrogens (tertiary/aromatic N) is 1. The van der Waals surface area contributed by atoms with Gasteiger partial charge in [-0.25, -0.2) is 0 Å². The van der Waals surface area contributed by atoms with Gasteiger partial charge in [-0.3, -0.25) is 4.79 Å². The van der Waals surface area contributed by atoms with E-state index >= 15 is 0 Å². The molecule has 3 atom stereocenters. The molecule has 0 aromatic heterocycles. The van der Waals surface area contributed by atoms with Gasteiger partial charge >= 0.3 is 0 Å². The first-order valence-corrected chi connectivity index (χ1v) is 8.67. The minimum atomic E-state index is 0. The van der Waals surface area contributed by atoms with Gasteiger partial charge in [0.2, 0.25) is 5.91 Å². The summed E-state index contributed by atoms with van der Waals surface area (Å²) in [5, 5.41) is 0. The van der Waals surface area contributed by atoms with Crippen LogP contribution in [-0.4, -0.2) is 29.9 Å². The molecule has 1 aliphatic carbocycles. The first kappa shape index (κ1) is 18.3. The van der Waals surface area contributed by atoms with Crippen LogP contribution in [0.15, 0.2) is 30.3 Å². The van der Waals surface area contributed by atoms with E-state index in [-0.39, 0.29) is 23.9 Å². The van der Waals surface area contributed by atoms with Crippen LogP contribution in [-0.2, 0) is 10.2 Å². The summed E-state index contributed by atoms with van der Waals surface area (Å²) in [6.45, 7) is 4.05. The summed E-state index contributed by atoms with van der Waals surface area (Å²) >= 11 is 0. The quantitative estimate of drug-likeness (QED) is 0.918. The van der Waals surface area contributed by atoms with Gasteiger partial charge in [-0.1, -0.05) is 43.7 Å². The molecule has 3 nitrogen and oxygen atoms in total. The third kappa shape index (κ3) is 4.07. The van der Waals surface area contributed by atoms with Crippen molar-refractivity contribution in [1.82, 2.24) is 4.90 Å². The minimum absolute atomic E-state index is 0. The van der Waals surface area contributed by atoms with Crippen LogP contribution in [0.3, 0.4) is 0 Å². The van der Waals surface area contributed by atoms with Crippen molar-refractivity contribution in [3.8, 4) is 0 Å². The highest BCUT2D eigenvalue weighted by Crippen LogP contribution is 2.35. The molecule has 1 aliphatic heterocycles. The van der Waals surface area contributed by atoms with Crippen molar-refractivity contribution in [1.29, 1.82) is 0 Å². The van der Waals surface area contributed by atoms with E-state index in [9.17, 15) is 4.79 Å². The van der Waals surface area contributed by atoms with Gasteiger partial charge in [-0.15, -0.1) is 12.4 Å². The number of rotatable bonds is 3. The average molecular weight is 337 g/mol. The minimum Gasteiger partial charge on any atom is -0.342 e. The van der Waals surface area contributed by atoms with Crippen molar-refractivity contribution in [3.63, 3.8) is 0 Å². The fraction of sp³-hybridized carbons (Fsp3) is 0.632. The molecule has 1 amide bonds. The van der Waals surface area contributed by atoms with E-state index in [1.165, 1.54) is 12.0 Å². The normalized spacial score (nSPS) is 30.8. The molecule has 2 fully saturated rings. The second-order valence-electron chi connectivity index (χ2n) is 7.40. The van der Waals surface area contributed by atoms with Gasteiger partial charge in [-0.2, -0.15) is 0 Å². The number of nitrogens with two attached hydrogens (primary N) is 1. The van der Waals surface area contributed by atoms with Crippen LogP contribution in [0.4, 0.5) is 0 Å². The standard InChI is InChI=1S/C19H28N2O.ClH/c1-19(16-8-3-2-4-9-16)11-6-12-21(14-19)18(22)13-15-7-5-10-17(15)20;/h2-4,8-9,15,17H,5-7,10-14,20H2,1H3;1H/t15-,17+,19?;/m0./s1. The van der Waals surface area contributed by atoms with Crippen molar-refractivity contribution in [2.24, 2.45) is 11.7 Å². The predicted octanol–water partition coefficient (Wildman–Crippen LogP) is 3.51. The first-order valence-electron chi connectivity index (χ1n) is 8.67. The van der Waals surface area contributed by atoms with Crippen molar-refractivity contribution < 1.29 is 4.79 Å². The number of halogens is 1. The van der Waals surface area contributed by atoms with Crippen molar-refractivity contribution in [2.45, 2.75) is 56.9 Å². The van der Waals surface area contributed by atoms with E-state index in [2.05, 4.69) is 42.2 Å². The molecule has 4 heteroatoms. The van der Waals surface area contributed by atoms with Crippen LogP contribution >= 0.6 is 12.4 Å². The molecule has 1 saturated heterocycles. The van der Waals surface area contributed by atoms with E-state index in [1.807, 2.05) is 0 Å². The van der Waals surface area contributed by atoms with Crippen LogP contribution in [0.5, 0.6) is 0 Å². The molecule has 2 N–H and O–H groups in total. The molecule has 23 heavy (non-hydrogen) atoms. The van der Waals surface area contributed by atoms with Gasteiger partial charge in [0.25, 0.3) is 0 Å². The van der Waals surface area contributed by atoms with E-state index < -0.39 is 0 Å². The largest absolute Gasteiger partial charge is 0.342 e. The van der Waals surface area contributed by atoms with Crippen molar-refractivity contribution in [2.75, 3.05) is 13.1 Å². The fourth-order valence-electron chi connectivity index (χ4n) is 4.20. The zero-order valence-corrected chi connectivity index (χ0v) is 14.9. The molecule has 1 saturated carbocycles. The number of amides is 1. The van der Waals surface area contributed by atoms with Gasteiger partial charge in [0.15, 0.2) is 0 Å². The highest BCUT2D eigenvalue weighted by atomic mass is 35.5. The predicted molar refractivity (Wildman–Crippen MR) is 96.8 cm³/mol. The Kier molecular flexibility index (Phi) is 6.10. The maximum absolute atomic E-state index is 12.7. The summed E-state index contributed by atoms with van der Waals surface area (Å²) in [5.41, 5.74) is 7.57. The van der Waals surface area contributed by atoms with E-state index in [0.717, 1.165) is 38.8 Å². The van der Waals surface area contributed by atoms with Gasteiger partial charge in [0, 0.05) is 31.0 Å². The molecule has 1 aromatic carbocycles. The van der Waals surface area contributed by atoms with Gasteiger partial charge in [0.1, 0.15) is 0 Å². The molecule has 0 radical (unpaired) electrons. The number of hydrogen-bond acceptors (Lipinski definition) is 2. The lowest BCUT2D eigenvalue weighted by atomic mass is 9.76. The van der Waals surface area contributed by atoms with Crippen molar-refractivity contribution >= 4 is 18.3 Å². The highest BCUT2D eigenvalue weighted by molar-refractivity contribution is 5.85. The van der Waals surface area contributed by atoms with Crippen LogP contribution in [0.2, 0.25) is 0 Å². The number of hydrogen-bond donors (Lipinski definition) is 1. The topological polar surface area (TPSA) is 46.3 Å². The van der Waals surface area contributed by atoms with Crippen molar-refractivity contribution in [3.05, 3.63) is 35.9 Å². The van der Waals surface area contributed by atoms with Gasteiger partial charge in [-0.05, 0) is 37.2 Å². The highest BCUT2D eigenvalue weighted by Gasteiger charge is 2.36.